The normalized spacial score (nSPS) is 34.3. The Hall–Kier alpha value is -4.34. The predicted octanol–water partition coefficient (Wildman–Crippen LogP) is 4.32. The molecule has 0 aliphatic carbocycles. The van der Waals surface area contributed by atoms with E-state index >= 15 is 0 Å². The lowest BCUT2D eigenvalue weighted by molar-refractivity contribution is -0.112. The van der Waals surface area contributed by atoms with Gasteiger partial charge in [0.05, 0.1) is 47.0 Å². The first-order valence-corrected chi connectivity index (χ1v) is 20.4. The van der Waals surface area contributed by atoms with Crippen molar-refractivity contribution in [3.8, 4) is 17.2 Å². The van der Waals surface area contributed by atoms with Gasteiger partial charge in [0, 0.05) is 86.2 Å². The third-order valence-corrected chi connectivity index (χ3v) is 13.2. The Morgan fingerprint density at radius 1 is 0.931 bits per heavy atom. The van der Waals surface area contributed by atoms with Gasteiger partial charge in [-0.15, -0.1) is 0 Å². The number of aliphatic hydroxyl groups excluding tert-OH is 3. The number of amides is 1. The van der Waals surface area contributed by atoms with Gasteiger partial charge in [0.25, 0.3) is 11.7 Å². The predicted molar refractivity (Wildman–Crippen MR) is 218 cm³/mol. The maximum Gasteiger partial charge on any atom is 0.312 e. The second-order valence-corrected chi connectivity index (χ2v) is 17.0. The number of aliphatic hydroxyl groups is 3. The van der Waals surface area contributed by atoms with Gasteiger partial charge >= 0.3 is 5.79 Å². The minimum Gasteiger partial charge on any atom is -0.507 e. The van der Waals surface area contributed by atoms with E-state index in [1.807, 2.05) is 0 Å². The van der Waals surface area contributed by atoms with E-state index in [0.29, 0.717) is 32.0 Å². The van der Waals surface area contributed by atoms with Crippen molar-refractivity contribution in [2.24, 2.45) is 33.7 Å². The lowest BCUT2D eigenvalue weighted by Crippen LogP contribution is -2.45. The van der Waals surface area contributed by atoms with E-state index in [-0.39, 0.29) is 55.4 Å². The average molecular weight is 805 g/mol. The zero-order valence-electron chi connectivity index (χ0n) is 35.2. The fourth-order valence-corrected chi connectivity index (χ4v) is 8.78. The second-order valence-electron chi connectivity index (χ2n) is 17.0. The van der Waals surface area contributed by atoms with Crippen LogP contribution in [0.5, 0.6) is 17.2 Å². The van der Waals surface area contributed by atoms with Gasteiger partial charge in [-0.1, -0.05) is 52.8 Å². The number of Topliss-reactive ketones (excluding diaryl/α,β-unsaturated/α-hetero) is 1. The van der Waals surface area contributed by atoms with E-state index in [1.54, 1.807) is 65.8 Å². The van der Waals surface area contributed by atoms with Crippen LogP contribution >= 0.6 is 0 Å². The average Bonchev–Trinajstić information content (AvgIpc) is 3.70. The van der Waals surface area contributed by atoms with Crippen molar-refractivity contribution in [2.75, 3.05) is 25.5 Å². The quantitative estimate of drug-likeness (QED) is 0.241. The summed E-state index contributed by atoms with van der Waals surface area (Å²) in [5.74, 6) is -6.18. The van der Waals surface area contributed by atoms with Crippen LogP contribution in [0.4, 0.5) is 5.69 Å². The number of piperidine rings is 1. The summed E-state index contributed by atoms with van der Waals surface area (Å²) in [6.07, 6.45) is 5.96. The summed E-state index contributed by atoms with van der Waals surface area (Å²) in [6.45, 7) is 17.3. The number of rotatable bonds is 3. The molecule has 2 unspecified atom stereocenters. The van der Waals surface area contributed by atoms with E-state index < -0.39 is 77.0 Å². The molecule has 14 nitrogen and oxygen atoms in total. The Bertz CT molecular complexity index is 2180. The van der Waals surface area contributed by atoms with Crippen LogP contribution in [-0.4, -0.2) is 104 Å². The highest BCUT2D eigenvalue weighted by Gasteiger charge is 2.50. The fraction of sp³-hybridized carbons (Fsp3) is 0.591. The molecule has 0 radical (unpaired) electrons. The molecule has 6 rings (SSSR count). The van der Waals surface area contributed by atoms with Crippen LogP contribution in [0.15, 0.2) is 46.1 Å². The van der Waals surface area contributed by atoms with Crippen LogP contribution < -0.4 is 20.8 Å². The molecular formula is C44H60N4O10. The fourth-order valence-electron chi connectivity index (χ4n) is 8.78. The van der Waals surface area contributed by atoms with Crippen molar-refractivity contribution in [1.82, 2.24) is 4.90 Å². The Labute approximate surface area is 339 Å². The molecule has 316 valence electrons. The first kappa shape index (κ1) is 43.2. The van der Waals surface area contributed by atoms with E-state index in [1.165, 1.54) is 20.3 Å². The summed E-state index contributed by atoms with van der Waals surface area (Å²) in [5.41, 5.74) is -0.512. The Morgan fingerprint density at radius 3 is 2.19 bits per heavy atom. The molecule has 1 fully saturated rings. The molecule has 4 aliphatic rings. The maximum atomic E-state index is 14.6. The third kappa shape index (κ3) is 7.42. The molecule has 2 aromatic rings. The van der Waals surface area contributed by atoms with Crippen molar-refractivity contribution in [3.05, 3.63) is 58.0 Å². The number of nitrogens with zero attached hydrogens (tertiary/aromatic N) is 3. The van der Waals surface area contributed by atoms with Crippen LogP contribution in [0.2, 0.25) is 0 Å². The van der Waals surface area contributed by atoms with Crippen LogP contribution in [-0.2, 0) is 14.3 Å². The van der Waals surface area contributed by atoms with Crippen LogP contribution in [0.3, 0.4) is 0 Å². The number of ether oxygens (including phenoxy) is 3. The van der Waals surface area contributed by atoms with Gasteiger partial charge < -0.3 is 50.0 Å². The van der Waals surface area contributed by atoms with Gasteiger partial charge in [0.2, 0.25) is 0 Å². The van der Waals surface area contributed by atoms with Gasteiger partial charge in [0.1, 0.15) is 22.5 Å². The Morgan fingerprint density at radius 2 is 1.55 bits per heavy atom. The molecule has 1 amide bonds. The monoisotopic (exact) mass is 804 g/mol. The van der Waals surface area contributed by atoms with Gasteiger partial charge in [0.15, 0.2) is 11.4 Å². The minimum atomic E-state index is -1.93. The lowest BCUT2D eigenvalue weighted by Gasteiger charge is -2.38. The molecule has 4 bridgehead atoms. The number of hydrogen-bond donors (Lipinski definition) is 6. The highest BCUT2D eigenvalue weighted by molar-refractivity contribution is 6.19. The van der Waals surface area contributed by atoms with Crippen LogP contribution in [0.1, 0.15) is 90.6 Å². The summed E-state index contributed by atoms with van der Waals surface area (Å²) in [6, 6.07) is 0.360. The molecule has 1 spiro atoms. The number of likely N-dealkylation sites (tertiary alicyclic amines) is 1. The van der Waals surface area contributed by atoms with Crippen molar-refractivity contribution in [3.63, 3.8) is 0 Å². The van der Waals surface area contributed by atoms with Crippen molar-refractivity contribution in [2.45, 2.75) is 123 Å². The number of phenols is 2. The smallest absolute Gasteiger partial charge is 0.312 e. The topological polar surface area (TPSA) is 203 Å². The number of carbonyl (C=O) groups excluding carboxylic acids is 2. The van der Waals surface area contributed by atoms with Crippen LogP contribution in [0, 0.1) is 30.6 Å². The number of ketones is 1. The van der Waals surface area contributed by atoms with E-state index in [2.05, 4.69) is 24.1 Å². The van der Waals surface area contributed by atoms with E-state index in [4.69, 9.17) is 24.2 Å². The Balaban J connectivity index is 1.54. The number of fused-ring (bicyclic) bond motifs is 1. The molecule has 4 heterocycles. The molecular weight excluding hydrogens is 745 g/mol. The van der Waals surface area contributed by atoms with Crippen molar-refractivity contribution >= 4 is 28.2 Å². The number of methoxy groups -OCH3 is 1. The summed E-state index contributed by atoms with van der Waals surface area (Å²) in [4.78, 5) is 41.1. The van der Waals surface area contributed by atoms with Gasteiger partial charge in [-0.2, -0.15) is 0 Å². The summed E-state index contributed by atoms with van der Waals surface area (Å²) in [7, 11) is 1.47. The number of hydrogen-bond acceptors (Lipinski definition) is 13. The number of carbonyl (C=O) groups is 2. The van der Waals surface area contributed by atoms with Gasteiger partial charge in [-0.3, -0.25) is 19.6 Å². The first-order chi connectivity index (χ1) is 27.3. The summed E-state index contributed by atoms with van der Waals surface area (Å²) in [5, 5.41) is 61.1. The third-order valence-electron chi connectivity index (χ3n) is 13.2. The number of aromatic hydroxyl groups is 2. The molecule has 2 aromatic carbocycles. The van der Waals surface area contributed by atoms with Crippen LogP contribution in [0.25, 0.3) is 10.8 Å². The van der Waals surface area contributed by atoms with Gasteiger partial charge in [-0.05, 0) is 33.3 Å². The van der Waals surface area contributed by atoms with Gasteiger partial charge in [-0.25, -0.2) is 0 Å². The lowest BCUT2D eigenvalue weighted by atomic mass is 9.78. The zero-order valence-corrected chi connectivity index (χ0v) is 35.2. The maximum absolute atomic E-state index is 14.6. The molecule has 10 atom stereocenters. The first-order valence-electron chi connectivity index (χ1n) is 20.4. The molecule has 0 aromatic heterocycles. The number of anilines is 1. The highest BCUT2D eigenvalue weighted by Crippen LogP contribution is 2.50. The standard InChI is InChI=1S/C44H60N4O10/c1-11-23(4)48-18-16-44(17-19-48)46-32-29-30-38(52)27(8)40-31(29)41(54)43(9,58-40)57-20-15-28(56-10)24(5)36(50)26(7)37(51)25(6)35(49)21(2)13-12-14-22(3)42(55)45-34(39(30)53)33(32)47-44/h12-15,20-21,23-26,28,35-37,49-53H,11,16-19H2,1-10H3,(H,45,55)/b13-12+,20-15+,22-14+/t21-,23?,24-,25+,26+,28+,35+,36+,37?,43+/m1/s1. The molecule has 0 saturated carbocycles. The number of nitrogens with one attached hydrogen (secondary N) is 1. The van der Waals surface area contributed by atoms with Crippen molar-refractivity contribution in [1.29, 1.82) is 0 Å². The second kappa shape index (κ2) is 16.4. The summed E-state index contributed by atoms with van der Waals surface area (Å²) < 4.78 is 18.0. The molecule has 1 saturated heterocycles. The van der Waals surface area contributed by atoms with Crippen molar-refractivity contribution < 1.29 is 49.3 Å². The zero-order chi connectivity index (χ0) is 42.6. The number of allylic oxidation sites excluding steroid dienone is 2. The number of phenolic OH excluding ortho intramolecular Hbond substituents is 2. The van der Waals surface area contributed by atoms with E-state index in [9.17, 15) is 35.1 Å². The summed E-state index contributed by atoms with van der Waals surface area (Å²) >= 11 is 0. The largest absolute Gasteiger partial charge is 0.507 e. The Kier molecular flexibility index (Phi) is 12.2. The number of benzene rings is 2. The van der Waals surface area contributed by atoms with E-state index in [0.717, 1.165) is 6.42 Å². The molecule has 4 aliphatic heterocycles. The minimum absolute atomic E-state index is 0.0470. The SMILES string of the molecule is CCC(C)N1CCC2(CC1)N=c1c3c(O)c4c(O)c(C)c5c(c4c1=N2)C(=O)[C@@](C)(O/C=C/[C@H](OC)[C@@H](C)[C@H](O)[C@H](C)C(O)[C@@H](C)[C@@H](O)[C@H](C)/C=C/C=C(\C)C(=O)N3)O5. The molecule has 58 heavy (non-hydrogen) atoms. The molecule has 14 heteroatoms. The molecule has 6 N–H and O–H groups in total. The highest BCUT2D eigenvalue weighted by atomic mass is 16.7.